The summed E-state index contributed by atoms with van der Waals surface area (Å²) in [6, 6.07) is 5.68. The first-order chi connectivity index (χ1) is 7.99. The van der Waals surface area contributed by atoms with Crippen LogP contribution in [-0.2, 0) is 9.59 Å². The Morgan fingerprint density at radius 2 is 2.12 bits per heavy atom. The van der Waals surface area contributed by atoms with E-state index in [9.17, 15) is 9.59 Å². The highest BCUT2D eigenvalue weighted by Crippen LogP contribution is 2.28. The normalized spacial score (nSPS) is 10.0. The van der Waals surface area contributed by atoms with Gasteiger partial charge in [0.25, 0.3) is 0 Å². The molecule has 0 spiro atoms. The second-order valence-corrected chi connectivity index (χ2v) is 4.81. The van der Waals surface area contributed by atoms with E-state index in [0.29, 0.717) is 5.75 Å². The minimum absolute atomic E-state index is 0.109. The molecule has 5 heteroatoms. The molecule has 0 saturated carbocycles. The molecule has 0 aliphatic carbocycles. The number of amides is 1. The summed E-state index contributed by atoms with van der Waals surface area (Å²) < 4.78 is 0. The minimum Gasteiger partial charge on any atom is -0.481 e. The van der Waals surface area contributed by atoms with Gasteiger partial charge in [0.1, 0.15) is 0 Å². The lowest BCUT2D eigenvalue weighted by Gasteiger charge is -2.10. The van der Waals surface area contributed by atoms with Gasteiger partial charge in [-0.25, -0.2) is 0 Å². The zero-order chi connectivity index (χ0) is 12.8. The fraction of sp³-hybridized carbons (Fsp3) is 0.333. The van der Waals surface area contributed by atoms with Crippen molar-refractivity contribution in [2.45, 2.75) is 25.2 Å². The highest BCUT2D eigenvalue weighted by molar-refractivity contribution is 7.99. The summed E-state index contributed by atoms with van der Waals surface area (Å²) in [4.78, 5) is 22.4. The number of anilines is 1. The molecule has 17 heavy (non-hydrogen) atoms. The van der Waals surface area contributed by atoms with E-state index in [1.54, 1.807) is 0 Å². The van der Waals surface area contributed by atoms with Gasteiger partial charge >= 0.3 is 5.97 Å². The molecule has 0 bridgehead atoms. The van der Waals surface area contributed by atoms with E-state index < -0.39 is 5.97 Å². The van der Waals surface area contributed by atoms with Crippen molar-refractivity contribution >= 4 is 29.3 Å². The number of benzene rings is 1. The maximum Gasteiger partial charge on any atom is 0.304 e. The van der Waals surface area contributed by atoms with Gasteiger partial charge in [-0.2, -0.15) is 0 Å². The number of thioether (sulfide) groups is 1. The Bertz CT molecular complexity index is 432. The summed E-state index contributed by atoms with van der Waals surface area (Å²) in [6.45, 7) is 3.41. The van der Waals surface area contributed by atoms with E-state index in [2.05, 4.69) is 5.32 Å². The predicted octanol–water partition coefficient (Wildman–Crippen LogP) is 2.52. The van der Waals surface area contributed by atoms with Gasteiger partial charge in [0.15, 0.2) is 0 Å². The van der Waals surface area contributed by atoms with Crippen LogP contribution in [0, 0.1) is 6.92 Å². The quantitative estimate of drug-likeness (QED) is 0.791. The molecule has 1 rings (SSSR count). The lowest BCUT2D eigenvalue weighted by atomic mass is 10.2. The molecule has 0 radical (unpaired) electrons. The number of carboxylic acid groups (broad SMARTS) is 1. The van der Waals surface area contributed by atoms with Crippen molar-refractivity contribution in [2.75, 3.05) is 11.1 Å². The number of carbonyl (C=O) groups excluding carboxylic acids is 1. The Morgan fingerprint density at radius 3 is 2.71 bits per heavy atom. The third-order valence-electron chi connectivity index (χ3n) is 2.02. The number of carboxylic acids is 1. The van der Waals surface area contributed by atoms with Gasteiger partial charge < -0.3 is 10.4 Å². The zero-order valence-corrected chi connectivity index (χ0v) is 10.6. The standard InChI is InChI=1S/C12H15NO3S/c1-8-3-4-10(13-9(2)14)11(7-8)17-6-5-12(15)16/h3-4,7H,5-6H2,1-2H3,(H,13,14)(H,15,16). The largest absolute Gasteiger partial charge is 0.481 e. The molecule has 0 aliphatic rings. The molecule has 0 atom stereocenters. The molecule has 92 valence electrons. The lowest BCUT2D eigenvalue weighted by Crippen LogP contribution is -2.07. The van der Waals surface area contributed by atoms with Crippen LogP contribution in [-0.4, -0.2) is 22.7 Å². The zero-order valence-electron chi connectivity index (χ0n) is 9.82. The summed E-state index contributed by atoms with van der Waals surface area (Å²) in [5, 5.41) is 11.3. The topological polar surface area (TPSA) is 66.4 Å². The van der Waals surface area contributed by atoms with Crippen molar-refractivity contribution in [3.63, 3.8) is 0 Å². The summed E-state index contributed by atoms with van der Waals surface area (Å²) in [6.07, 6.45) is 0.109. The molecule has 1 aromatic carbocycles. The van der Waals surface area contributed by atoms with E-state index in [1.165, 1.54) is 18.7 Å². The van der Waals surface area contributed by atoms with Crippen molar-refractivity contribution in [1.82, 2.24) is 0 Å². The molecule has 1 aromatic rings. The van der Waals surface area contributed by atoms with Crippen molar-refractivity contribution in [1.29, 1.82) is 0 Å². The highest BCUT2D eigenvalue weighted by Gasteiger charge is 2.06. The fourth-order valence-corrected chi connectivity index (χ4v) is 2.33. The first kappa shape index (κ1) is 13.6. The second-order valence-electron chi connectivity index (χ2n) is 3.67. The molecule has 0 fully saturated rings. The average molecular weight is 253 g/mol. The van der Waals surface area contributed by atoms with Crippen LogP contribution in [0.5, 0.6) is 0 Å². The Hall–Kier alpha value is -1.49. The molecule has 0 saturated heterocycles. The van der Waals surface area contributed by atoms with Gasteiger partial charge in [0, 0.05) is 17.6 Å². The summed E-state index contributed by atoms with van der Waals surface area (Å²) in [7, 11) is 0. The van der Waals surface area contributed by atoms with E-state index in [-0.39, 0.29) is 12.3 Å². The van der Waals surface area contributed by atoms with E-state index >= 15 is 0 Å². The molecular weight excluding hydrogens is 238 g/mol. The van der Waals surface area contributed by atoms with Crippen LogP contribution in [0.3, 0.4) is 0 Å². The average Bonchev–Trinajstić information content (AvgIpc) is 2.21. The summed E-state index contributed by atoms with van der Waals surface area (Å²) in [5.74, 6) is -0.453. The maximum atomic E-state index is 11.0. The molecule has 2 N–H and O–H groups in total. The molecule has 0 aliphatic heterocycles. The number of rotatable bonds is 5. The molecule has 4 nitrogen and oxygen atoms in total. The van der Waals surface area contributed by atoms with Gasteiger partial charge in [-0.1, -0.05) is 6.07 Å². The summed E-state index contributed by atoms with van der Waals surface area (Å²) in [5.41, 5.74) is 1.82. The van der Waals surface area contributed by atoms with Crippen molar-refractivity contribution in [2.24, 2.45) is 0 Å². The number of aliphatic carboxylic acids is 1. The summed E-state index contributed by atoms with van der Waals surface area (Å²) >= 11 is 1.44. The number of nitrogens with one attached hydrogen (secondary N) is 1. The second kappa shape index (κ2) is 6.30. The monoisotopic (exact) mass is 253 g/mol. The third kappa shape index (κ3) is 4.91. The molecule has 0 aromatic heterocycles. The van der Waals surface area contributed by atoms with Crippen LogP contribution in [0.25, 0.3) is 0 Å². The molecule has 1 amide bonds. The van der Waals surface area contributed by atoms with Crippen LogP contribution in [0.4, 0.5) is 5.69 Å². The minimum atomic E-state index is -0.814. The van der Waals surface area contributed by atoms with Crippen LogP contribution in [0.15, 0.2) is 23.1 Å². The van der Waals surface area contributed by atoms with Gasteiger partial charge in [0.2, 0.25) is 5.91 Å². The first-order valence-corrected chi connectivity index (χ1v) is 6.20. The number of hydrogen-bond acceptors (Lipinski definition) is 3. The Kier molecular flexibility index (Phi) is 5.03. The van der Waals surface area contributed by atoms with Crippen LogP contribution >= 0.6 is 11.8 Å². The van der Waals surface area contributed by atoms with E-state index in [4.69, 9.17) is 5.11 Å². The van der Waals surface area contributed by atoms with Crippen LogP contribution < -0.4 is 5.32 Å². The van der Waals surface area contributed by atoms with Crippen molar-refractivity contribution < 1.29 is 14.7 Å². The van der Waals surface area contributed by atoms with Gasteiger partial charge in [-0.3, -0.25) is 9.59 Å². The molecule has 0 heterocycles. The van der Waals surface area contributed by atoms with Crippen molar-refractivity contribution in [3.8, 4) is 0 Å². The van der Waals surface area contributed by atoms with Crippen molar-refractivity contribution in [3.05, 3.63) is 23.8 Å². The van der Waals surface area contributed by atoms with E-state index in [0.717, 1.165) is 16.1 Å². The Labute approximate surface area is 104 Å². The van der Waals surface area contributed by atoms with Crippen LogP contribution in [0.2, 0.25) is 0 Å². The molecular formula is C12H15NO3S. The van der Waals surface area contributed by atoms with Crippen LogP contribution in [0.1, 0.15) is 18.9 Å². The first-order valence-electron chi connectivity index (χ1n) is 5.22. The number of aryl methyl sites for hydroxylation is 1. The predicted molar refractivity (Wildman–Crippen MR) is 68.5 cm³/mol. The Morgan fingerprint density at radius 1 is 1.41 bits per heavy atom. The Balaban J connectivity index is 2.76. The van der Waals surface area contributed by atoms with Gasteiger partial charge in [-0.15, -0.1) is 11.8 Å². The SMILES string of the molecule is CC(=O)Nc1ccc(C)cc1SCCC(=O)O. The highest BCUT2D eigenvalue weighted by atomic mass is 32.2. The fourth-order valence-electron chi connectivity index (χ4n) is 1.29. The number of hydrogen-bond donors (Lipinski definition) is 2. The maximum absolute atomic E-state index is 11.0. The van der Waals surface area contributed by atoms with Gasteiger partial charge in [-0.05, 0) is 24.6 Å². The molecule has 0 unspecified atom stereocenters. The van der Waals surface area contributed by atoms with Gasteiger partial charge in [0.05, 0.1) is 12.1 Å². The lowest BCUT2D eigenvalue weighted by molar-refractivity contribution is -0.136. The third-order valence-corrected chi connectivity index (χ3v) is 3.08. The smallest absolute Gasteiger partial charge is 0.304 e. The van der Waals surface area contributed by atoms with E-state index in [1.807, 2.05) is 25.1 Å². The number of carbonyl (C=O) groups is 2.